The number of phenols is 3. The Bertz CT molecular complexity index is 2850. The first-order chi connectivity index (χ1) is 43.6. The second-order valence-corrected chi connectivity index (χ2v) is 29.8. The zero-order valence-corrected chi connectivity index (χ0v) is 61.1. The van der Waals surface area contributed by atoms with Gasteiger partial charge in [-0.1, -0.05) is 106 Å². The van der Waals surface area contributed by atoms with Crippen LogP contribution in [-0.2, 0) is 57.4 Å². The summed E-state index contributed by atoms with van der Waals surface area (Å²) in [5.74, 6) is 1.92. The Balaban J connectivity index is 0.000000351. The number of phenolic OH excluding ortho intramolecular Hbond substituents is 3. The van der Waals surface area contributed by atoms with Crippen LogP contribution in [0.2, 0.25) is 0 Å². The molecule has 3 atom stereocenters. The summed E-state index contributed by atoms with van der Waals surface area (Å²) in [6.45, 7) is 34.1. The van der Waals surface area contributed by atoms with Crippen molar-refractivity contribution in [1.29, 1.82) is 0 Å². The van der Waals surface area contributed by atoms with Crippen LogP contribution in [0.5, 0.6) is 34.5 Å². The molecule has 0 radical (unpaired) electrons. The van der Waals surface area contributed by atoms with Crippen molar-refractivity contribution in [2.75, 3.05) is 26.4 Å². The molecule has 3 aromatic carbocycles. The third kappa shape index (κ3) is 29.2. The predicted octanol–water partition coefficient (Wildman–Crippen LogP) is 20.6. The summed E-state index contributed by atoms with van der Waals surface area (Å²) in [5, 5.41) is 31.3. The molecule has 3 aliphatic rings. The average molecular weight is 1320 g/mol. The van der Waals surface area contributed by atoms with Crippen molar-refractivity contribution < 1.29 is 67.7 Å². The van der Waals surface area contributed by atoms with Crippen molar-refractivity contribution in [1.82, 2.24) is 0 Å². The van der Waals surface area contributed by atoms with E-state index >= 15 is 0 Å². The van der Waals surface area contributed by atoms with E-state index in [1.165, 1.54) is 29.6 Å². The summed E-state index contributed by atoms with van der Waals surface area (Å²) in [5.41, 5.74) is 7.41. The Morgan fingerprint density at radius 1 is 0.409 bits per heavy atom. The number of esters is 4. The zero-order chi connectivity index (χ0) is 69.7. The fourth-order valence-corrected chi connectivity index (χ4v) is 11.1. The van der Waals surface area contributed by atoms with Crippen LogP contribution >= 0.6 is 11.6 Å². The number of aryl methyl sites for hydroxylation is 3. The van der Waals surface area contributed by atoms with Gasteiger partial charge in [-0.3, -0.25) is 19.2 Å². The Labute approximate surface area is 565 Å². The summed E-state index contributed by atoms with van der Waals surface area (Å²) in [6.07, 6.45) is 29.1. The summed E-state index contributed by atoms with van der Waals surface area (Å²) in [4.78, 5) is 47.4. The maximum atomic E-state index is 12.3. The van der Waals surface area contributed by atoms with Gasteiger partial charge in [-0.25, -0.2) is 0 Å². The molecule has 3 aromatic rings. The third-order valence-corrected chi connectivity index (χ3v) is 16.5. The second-order valence-electron chi connectivity index (χ2n) is 29.6. The lowest BCUT2D eigenvalue weighted by molar-refractivity contribution is -0.160. The number of ether oxygens (including phenoxy) is 7. The molecule has 0 bridgehead atoms. The molecular formula is C78H119ClO14. The molecule has 0 fully saturated rings. The van der Waals surface area contributed by atoms with Crippen LogP contribution in [0.3, 0.4) is 0 Å². The van der Waals surface area contributed by atoms with E-state index in [1.807, 2.05) is 98.7 Å². The SMILES string of the molecule is CC(C)(C)C(=O)OCCl.CCCCCc1cc(O)c(C2C=C(C)CCC2)c(O)c1.CCCCCc1cc(O)c(C2C=C(C)CCC2)c(OCOC(=O)C(C)(C)C)c1.CCCCCc1cc(OCOC(=O)C(C)(C)C)c(C2C=C(C)CCC2)c(OCOC(=O)C(C)(C)C)c1. The van der Waals surface area contributed by atoms with Gasteiger partial charge in [-0.05, 0) is 253 Å². The number of alkyl halides is 1. The Hall–Kier alpha value is -6.15. The van der Waals surface area contributed by atoms with Crippen molar-refractivity contribution >= 4 is 35.5 Å². The molecule has 14 nitrogen and oxygen atoms in total. The Morgan fingerprint density at radius 2 is 0.677 bits per heavy atom. The van der Waals surface area contributed by atoms with E-state index in [2.05, 4.69) is 64.5 Å². The normalized spacial score (nSPS) is 16.6. The van der Waals surface area contributed by atoms with Crippen molar-refractivity contribution in [3.8, 4) is 34.5 Å². The van der Waals surface area contributed by atoms with Gasteiger partial charge in [0.15, 0.2) is 6.07 Å². The fourth-order valence-electron chi connectivity index (χ4n) is 11.0. The molecule has 93 heavy (non-hydrogen) atoms. The fraction of sp³-hybridized carbons (Fsp3) is 0.641. The standard InChI is InChI=1S/C30H46O6.C24H36O4.C18H26O2.C6H11ClO2/c1-9-10-11-14-22-17-24(33-19-35-27(31)29(3,4)5)26(23-15-12-13-21(2)16-23)25(18-22)34-20-36-28(32)30(6,7)8;1-6-7-8-11-18-14-20(25)22(19-12-9-10-17(2)13-19)21(15-18)27-16-28-23(26)24(3,4)5;1-3-4-5-8-14-11-16(19)18(17(20)12-14)15-9-6-7-13(2)10-15;1-6(2,3)5(8)9-4-7/h16-18,23H,9-15,19-20H2,1-8H3;13-15,19,25H,6-12,16H2,1-5H3;10-12,15,19-20H,3-9H2,1-2H3;4H2,1-3H3. The third-order valence-electron chi connectivity index (χ3n) is 16.4. The number of hydrogen-bond acceptors (Lipinski definition) is 14. The minimum Gasteiger partial charge on any atom is -0.507 e. The largest absolute Gasteiger partial charge is 0.507 e. The molecule has 522 valence electrons. The number of benzene rings is 3. The van der Waals surface area contributed by atoms with Crippen LogP contribution in [-0.4, -0.2) is 65.6 Å². The van der Waals surface area contributed by atoms with Crippen LogP contribution in [0, 0.1) is 21.7 Å². The monoisotopic (exact) mass is 1310 g/mol. The predicted molar refractivity (Wildman–Crippen MR) is 374 cm³/mol. The summed E-state index contributed by atoms with van der Waals surface area (Å²) < 4.78 is 38.7. The van der Waals surface area contributed by atoms with Gasteiger partial charge in [0.1, 0.15) is 34.5 Å². The Kier molecular flexibility index (Phi) is 34.6. The first kappa shape index (κ1) is 81.1. The lowest BCUT2D eigenvalue weighted by Gasteiger charge is -2.26. The molecule has 0 aromatic heterocycles. The van der Waals surface area contributed by atoms with Crippen molar-refractivity contribution in [3.05, 3.63) is 105 Å². The highest BCUT2D eigenvalue weighted by atomic mass is 35.5. The van der Waals surface area contributed by atoms with Crippen LogP contribution in [0.1, 0.15) is 291 Å². The molecule has 0 saturated heterocycles. The molecule has 0 heterocycles. The lowest BCUT2D eigenvalue weighted by atomic mass is 9.84. The van der Waals surface area contributed by atoms with Gasteiger partial charge in [-0.2, -0.15) is 0 Å². The highest BCUT2D eigenvalue weighted by Gasteiger charge is 2.30. The van der Waals surface area contributed by atoms with Gasteiger partial charge >= 0.3 is 23.9 Å². The van der Waals surface area contributed by atoms with E-state index in [9.17, 15) is 34.5 Å². The number of halogens is 1. The van der Waals surface area contributed by atoms with E-state index in [1.54, 1.807) is 20.8 Å². The molecule has 0 saturated carbocycles. The first-order valence-corrected chi connectivity index (χ1v) is 34.9. The number of rotatable bonds is 25. The topological polar surface area (TPSA) is 194 Å². The smallest absolute Gasteiger partial charge is 0.314 e. The van der Waals surface area contributed by atoms with E-state index in [0.717, 1.165) is 150 Å². The number of carbonyl (C=O) groups excluding carboxylic acids is 4. The van der Waals surface area contributed by atoms with Crippen molar-refractivity contribution in [2.45, 2.75) is 277 Å². The maximum Gasteiger partial charge on any atom is 0.314 e. The molecule has 3 N–H and O–H groups in total. The van der Waals surface area contributed by atoms with Crippen LogP contribution < -0.4 is 14.2 Å². The summed E-state index contributed by atoms with van der Waals surface area (Å²) in [6, 6.07) is 11.6. The highest BCUT2D eigenvalue weighted by Crippen LogP contribution is 2.46. The van der Waals surface area contributed by atoms with E-state index < -0.39 is 21.7 Å². The number of carbonyl (C=O) groups is 4. The number of unbranched alkanes of at least 4 members (excludes halogenated alkanes) is 6. The van der Waals surface area contributed by atoms with E-state index in [4.69, 9.17) is 40.0 Å². The number of aromatic hydroxyl groups is 3. The van der Waals surface area contributed by atoms with Gasteiger partial charge in [0.25, 0.3) is 0 Å². The average Bonchev–Trinajstić information content (AvgIpc) is 0.856. The molecule has 0 aliphatic heterocycles. The molecule has 0 spiro atoms. The van der Waals surface area contributed by atoms with Gasteiger partial charge in [0.2, 0.25) is 20.4 Å². The minimum absolute atomic E-state index is 0.0594. The van der Waals surface area contributed by atoms with E-state index in [0.29, 0.717) is 22.8 Å². The van der Waals surface area contributed by atoms with Gasteiger partial charge in [0.05, 0.1) is 21.7 Å². The molecule has 6 rings (SSSR count). The second kappa shape index (κ2) is 39.7. The highest BCUT2D eigenvalue weighted by molar-refractivity contribution is 6.17. The van der Waals surface area contributed by atoms with E-state index in [-0.39, 0.29) is 85.3 Å². The van der Waals surface area contributed by atoms with Crippen LogP contribution in [0.25, 0.3) is 0 Å². The minimum atomic E-state index is -0.609. The van der Waals surface area contributed by atoms with Crippen LogP contribution in [0.15, 0.2) is 71.3 Å². The lowest BCUT2D eigenvalue weighted by Crippen LogP contribution is -2.25. The summed E-state index contributed by atoms with van der Waals surface area (Å²) in [7, 11) is 0. The molecular weight excluding hydrogens is 1200 g/mol. The maximum absolute atomic E-state index is 12.3. The molecule has 3 unspecified atom stereocenters. The van der Waals surface area contributed by atoms with Gasteiger partial charge < -0.3 is 48.5 Å². The van der Waals surface area contributed by atoms with Gasteiger partial charge in [-0.15, -0.1) is 0 Å². The quantitative estimate of drug-likeness (QED) is 0.0181. The molecule has 3 aliphatic carbocycles. The van der Waals surface area contributed by atoms with Crippen LogP contribution in [0.4, 0.5) is 0 Å². The first-order valence-electron chi connectivity index (χ1n) is 34.4. The zero-order valence-electron chi connectivity index (χ0n) is 60.3. The number of allylic oxidation sites excluding steroid dienone is 6. The van der Waals surface area contributed by atoms with Crippen molar-refractivity contribution in [2.24, 2.45) is 21.7 Å². The molecule has 15 heteroatoms. The Morgan fingerprint density at radius 3 is 0.968 bits per heavy atom. The number of hydrogen-bond donors (Lipinski definition) is 3. The van der Waals surface area contributed by atoms with Crippen molar-refractivity contribution in [3.63, 3.8) is 0 Å². The summed E-state index contributed by atoms with van der Waals surface area (Å²) >= 11 is 5.16. The van der Waals surface area contributed by atoms with Gasteiger partial charge in [0, 0.05) is 34.4 Å². The molecule has 0 amide bonds.